The van der Waals surface area contributed by atoms with E-state index in [4.69, 9.17) is 11.6 Å². The Kier molecular flexibility index (Phi) is 5.87. The zero-order valence-electron chi connectivity index (χ0n) is 9.89. The second kappa shape index (κ2) is 6.08. The largest absolute Gasteiger partial charge is 0.0843 e. The van der Waals surface area contributed by atoms with Crippen molar-refractivity contribution in [2.45, 2.75) is 41.0 Å². The monoisotopic (exact) mass is 212 g/mol. The van der Waals surface area contributed by atoms with Gasteiger partial charge in [-0.3, -0.25) is 0 Å². The van der Waals surface area contributed by atoms with Crippen molar-refractivity contribution in [2.75, 3.05) is 0 Å². The molecular weight excluding hydrogens is 192 g/mol. The van der Waals surface area contributed by atoms with Crippen molar-refractivity contribution in [3.8, 4) is 0 Å². The van der Waals surface area contributed by atoms with Crippen LogP contribution in [0.25, 0.3) is 0 Å². The van der Waals surface area contributed by atoms with Gasteiger partial charge in [-0.15, -0.1) is 0 Å². The summed E-state index contributed by atoms with van der Waals surface area (Å²) in [7, 11) is 0. The van der Waals surface area contributed by atoms with Gasteiger partial charge in [0.2, 0.25) is 0 Å². The quantitative estimate of drug-likeness (QED) is 0.618. The predicted octanol–water partition coefficient (Wildman–Crippen LogP) is 4.95. The Morgan fingerprint density at radius 3 is 1.79 bits per heavy atom. The van der Waals surface area contributed by atoms with Crippen molar-refractivity contribution in [2.24, 2.45) is 5.41 Å². The van der Waals surface area contributed by atoms with Gasteiger partial charge < -0.3 is 0 Å². The SMILES string of the molecule is CC.CC(C)(C)Cc1ccc(Cl)cc1. The number of hydrogen-bond acceptors (Lipinski definition) is 0. The maximum absolute atomic E-state index is 5.78. The molecule has 0 aliphatic carbocycles. The van der Waals surface area contributed by atoms with Gasteiger partial charge >= 0.3 is 0 Å². The normalized spacial score (nSPS) is 10.4. The van der Waals surface area contributed by atoms with E-state index in [-0.39, 0.29) is 0 Å². The van der Waals surface area contributed by atoms with Crippen LogP contribution in [0.2, 0.25) is 5.02 Å². The van der Waals surface area contributed by atoms with E-state index < -0.39 is 0 Å². The number of benzene rings is 1. The Bertz CT molecular complexity index is 241. The summed E-state index contributed by atoms with van der Waals surface area (Å²) in [5.41, 5.74) is 1.71. The fourth-order valence-electron chi connectivity index (χ4n) is 1.21. The van der Waals surface area contributed by atoms with Crippen LogP contribution in [0, 0.1) is 5.41 Å². The average molecular weight is 213 g/mol. The summed E-state index contributed by atoms with van der Waals surface area (Å²) in [5.74, 6) is 0. The molecule has 0 amide bonds. The number of hydrogen-bond donors (Lipinski definition) is 0. The molecule has 0 radical (unpaired) electrons. The summed E-state index contributed by atoms with van der Waals surface area (Å²) < 4.78 is 0. The molecule has 0 aliphatic heterocycles. The predicted molar refractivity (Wildman–Crippen MR) is 66.0 cm³/mol. The molecule has 0 fully saturated rings. The van der Waals surface area contributed by atoms with Gasteiger partial charge in [0.1, 0.15) is 0 Å². The fourth-order valence-corrected chi connectivity index (χ4v) is 1.34. The second-order valence-corrected chi connectivity index (χ2v) is 4.80. The Hall–Kier alpha value is -0.490. The molecule has 0 saturated heterocycles. The van der Waals surface area contributed by atoms with Crippen molar-refractivity contribution < 1.29 is 0 Å². The highest BCUT2D eigenvalue weighted by atomic mass is 35.5. The van der Waals surface area contributed by atoms with Gasteiger partial charge in [-0.25, -0.2) is 0 Å². The molecular formula is C13H21Cl. The van der Waals surface area contributed by atoms with Crippen LogP contribution in [0.5, 0.6) is 0 Å². The van der Waals surface area contributed by atoms with Crippen LogP contribution in [0.4, 0.5) is 0 Å². The number of halogens is 1. The van der Waals surface area contributed by atoms with Crippen LogP contribution in [0.1, 0.15) is 40.2 Å². The summed E-state index contributed by atoms with van der Waals surface area (Å²) >= 11 is 5.78. The van der Waals surface area contributed by atoms with Crippen LogP contribution in [0.3, 0.4) is 0 Å². The lowest BCUT2D eigenvalue weighted by atomic mass is 9.88. The zero-order valence-corrected chi connectivity index (χ0v) is 10.7. The van der Waals surface area contributed by atoms with Gasteiger partial charge in [0.05, 0.1) is 0 Å². The third kappa shape index (κ3) is 6.04. The Balaban J connectivity index is 0.000000791. The van der Waals surface area contributed by atoms with Crippen molar-refractivity contribution >= 4 is 11.6 Å². The highest BCUT2D eigenvalue weighted by Crippen LogP contribution is 2.21. The molecule has 14 heavy (non-hydrogen) atoms. The molecule has 0 heterocycles. The smallest absolute Gasteiger partial charge is 0.0406 e. The van der Waals surface area contributed by atoms with Crippen LogP contribution in [-0.2, 0) is 6.42 Å². The van der Waals surface area contributed by atoms with Crippen molar-refractivity contribution in [3.05, 3.63) is 34.9 Å². The Labute approximate surface area is 93.3 Å². The Morgan fingerprint density at radius 1 is 1.00 bits per heavy atom. The van der Waals surface area contributed by atoms with E-state index in [2.05, 4.69) is 32.9 Å². The highest BCUT2D eigenvalue weighted by molar-refractivity contribution is 6.30. The van der Waals surface area contributed by atoms with Gasteiger partial charge in [0, 0.05) is 5.02 Å². The van der Waals surface area contributed by atoms with E-state index in [1.807, 2.05) is 26.0 Å². The molecule has 1 aromatic carbocycles. The first kappa shape index (κ1) is 13.5. The zero-order chi connectivity index (χ0) is 11.2. The lowest BCUT2D eigenvalue weighted by molar-refractivity contribution is 0.411. The van der Waals surface area contributed by atoms with Crippen LogP contribution < -0.4 is 0 Å². The van der Waals surface area contributed by atoms with E-state index in [0.717, 1.165) is 11.4 Å². The second-order valence-electron chi connectivity index (χ2n) is 4.36. The van der Waals surface area contributed by atoms with Crippen LogP contribution in [-0.4, -0.2) is 0 Å². The molecule has 0 aromatic heterocycles. The van der Waals surface area contributed by atoms with Crippen molar-refractivity contribution in [1.82, 2.24) is 0 Å². The first-order valence-electron chi connectivity index (χ1n) is 5.22. The summed E-state index contributed by atoms with van der Waals surface area (Å²) in [6, 6.07) is 8.08. The molecule has 0 saturated carbocycles. The van der Waals surface area contributed by atoms with Gasteiger partial charge in [-0.1, -0.05) is 58.4 Å². The van der Waals surface area contributed by atoms with E-state index in [1.165, 1.54) is 5.56 Å². The third-order valence-electron chi connectivity index (χ3n) is 1.65. The van der Waals surface area contributed by atoms with Crippen LogP contribution >= 0.6 is 11.6 Å². The molecule has 1 aromatic rings. The minimum atomic E-state index is 0.355. The molecule has 0 spiro atoms. The average Bonchev–Trinajstić information content (AvgIpc) is 2.10. The van der Waals surface area contributed by atoms with E-state index in [0.29, 0.717) is 5.41 Å². The third-order valence-corrected chi connectivity index (χ3v) is 1.90. The van der Waals surface area contributed by atoms with Gasteiger partial charge in [0.15, 0.2) is 0 Å². The topological polar surface area (TPSA) is 0 Å². The van der Waals surface area contributed by atoms with E-state index in [1.54, 1.807) is 0 Å². The maximum Gasteiger partial charge on any atom is 0.0406 e. The molecule has 0 atom stereocenters. The number of rotatable bonds is 1. The minimum absolute atomic E-state index is 0.355. The summed E-state index contributed by atoms with van der Waals surface area (Å²) in [6.45, 7) is 10.7. The van der Waals surface area contributed by atoms with Gasteiger partial charge in [0.25, 0.3) is 0 Å². The molecule has 1 heteroatoms. The van der Waals surface area contributed by atoms with Crippen molar-refractivity contribution in [1.29, 1.82) is 0 Å². The fraction of sp³-hybridized carbons (Fsp3) is 0.538. The molecule has 80 valence electrons. The first-order valence-corrected chi connectivity index (χ1v) is 5.60. The minimum Gasteiger partial charge on any atom is -0.0843 e. The molecule has 0 unspecified atom stereocenters. The van der Waals surface area contributed by atoms with E-state index >= 15 is 0 Å². The molecule has 0 aliphatic rings. The lowest BCUT2D eigenvalue weighted by Crippen LogP contribution is -2.08. The molecule has 1 rings (SSSR count). The molecule has 0 N–H and O–H groups in total. The maximum atomic E-state index is 5.78. The van der Waals surface area contributed by atoms with E-state index in [9.17, 15) is 0 Å². The highest BCUT2D eigenvalue weighted by Gasteiger charge is 2.10. The van der Waals surface area contributed by atoms with Crippen molar-refractivity contribution in [3.63, 3.8) is 0 Å². The Morgan fingerprint density at radius 2 is 1.43 bits per heavy atom. The van der Waals surface area contributed by atoms with Gasteiger partial charge in [-0.2, -0.15) is 0 Å². The van der Waals surface area contributed by atoms with Crippen LogP contribution in [0.15, 0.2) is 24.3 Å². The summed E-state index contributed by atoms with van der Waals surface area (Å²) in [6.07, 6.45) is 1.10. The summed E-state index contributed by atoms with van der Waals surface area (Å²) in [4.78, 5) is 0. The van der Waals surface area contributed by atoms with Gasteiger partial charge in [-0.05, 0) is 29.5 Å². The molecule has 0 bridgehead atoms. The first-order chi connectivity index (χ1) is 6.47. The lowest BCUT2D eigenvalue weighted by Gasteiger charge is -2.17. The summed E-state index contributed by atoms with van der Waals surface area (Å²) in [5, 5.41) is 0.813. The molecule has 0 nitrogen and oxygen atoms in total. The standard InChI is InChI=1S/C11H15Cl.C2H6/c1-11(2,3)8-9-4-6-10(12)7-5-9;1-2/h4-7H,8H2,1-3H3;1-2H3.